The van der Waals surface area contributed by atoms with Gasteiger partial charge in [0.1, 0.15) is 0 Å². The monoisotopic (exact) mass is 232 g/mol. The van der Waals surface area contributed by atoms with E-state index < -0.39 is 12.1 Å². The molecule has 1 atom stereocenters. The number of hydrogen-bond donors (Lipinski definition) is 2. The number of aliphatic carboxylic acids is 1. The Morgan fingerprint density at radius 1 is 1.35 bits per heavy atom. The highest BCUT2D eigenvalue weighted by atomic mass is 16.4. The third-order valence-electron chi connectivity index (χ3n) is 2.44. The highest BCUT2D eigenvalue weighted by Crippen LogP contribution is 2.15. The Bertz CT molecular complexity index is 508. The fourth-order valence-electron chi connectivity index (χ4n) is 1.61. The predicted molar refractivity (Wildman–Crippen MR) is 60.9 cm³/mol. The minimum atomic E-state index is -1.40. The summed E-state index contributed by atoms with van der Waals surface area (Å²) in [6.45, 7) is 0. The van der Waals surface area contributed by atoms with Crippen LogP contribution in [0.25, 0.3) is 5.69 Å². The molecule has 2 rings (SSSR count). The Morgan fingerprint density at radius 2 is 2.12 bits per heavy atom. The van der Waals surface area contributed by atoms with Gasteiger partial charge >= 0.3 is 5.97 Å². The van der Waals surface area contributed by atoms with Crippen molar-refractivity contribution in [3.63, 3.8) is 0 Å². The predicted octanol–water partition coefficient (Wildman–Crippen LogP) is 0.860. The Balaban J connectivity index is 2.32. The first-order chi connectivity index (χ1) is 8.18. The molecule has 5 nitrogen and oxygen atoms in total. The van der Waals surface area contributed by atoms with E-state index in [4.69, 9.17) is 5.11 Å². The molecule has 0 spiro atoms. The van der Waals surface area contributed by atoms with E-state index in [1.165, 1.54) is 0 Å². The lowest BCUT2D eigenvalue weighted by Crippen LogP contribution is -2.22. The zero-order chi connectivity index (χ0) is 12.3. The lowest BCUT2D eigenvalue weighted by Gasteiger charge is -2.11. The standard InChI is InChI=1S/C12H12N2O3/c15-11(12(16)17)8-9-4-1-2-5-10(9)14-7-3-6-13-14/h1-7,11,15H,8H2,(H,16,17). The molecule has 0 aliphatic carbocycles. The molecule has 17 heavy (non-hydrogen) atoms. The van der Waals surface area contributed by atoms with Crippen molar-refractivity contribution in [3.8, 4) is 5.69 Å². The van der Waals surface area contributed by atoms with Gasteiger partial charge in [0.2, 0.25) is 0 Å². The van der Waals surface area contributed by atoms with Gasteiger partial charge in [0.15, 0.2) is 6.10 Å². The van der Waals surface area contributed by atoms with E-state index in [9.17, 15) is 9.90 Å². The van der Waals surface area contributed by atoms with Crippen LogP contribution in [0.5, 0.6) is 0 Å². The zero-order valence-electron chi connectivity index (χ0n) is 9.02. The average Bonchev–Trinajstić information content (AvgIpc) is 2.83. The number of aliphatic hydroxyl groups excluding tert-OH is 1. The summed E-state index contributed by atoms with van der Waals surface area (Å²) in [6, 6.07) is 9.04. The quantitative estimate of drug-likeness (QED) is 0.819. The Kier molecular flexibility index (Phi) is 3.20. The molecule has 0 bridgehead atoms. The maximum atomic E-state index is 10.6. The molecule has 0 radical (unpaired) electrons. The molecule has 1 heterocycles. The third kappa shape index (κ3) is 2.51. The van der Waals surface area contributed by atoms with Crippen molar-refractivity contribution in [1.82, 2.24) is 9.78 Å². The van der Waals surface area contributed by atoms with Gasteiger partial charge in [-0.2, -0.15) is 5.10 Å². The molecule has 88 valence electrons. The minimum Gasteiger partial charge on any atom is -0.479 e. The summed E-state index contributed by atoms with van der Waals surface area (Å²) in [7, 11) is 0. The van der Waals surface area contributed by atoms with Gasteiger partial charge in [0.05, 0.1) is 5.69 Å². The molecule has 2 N–H and O–H groups in total. The Hall–Kier alpha value is -2.14. The number of carboxylic acids is 1. The zero-order valence-corrected chi connectivity index (χ0v) is 9.02. The van der Waals surface area contributed by atoms with Gasteiger partial charge in [0.25, 0.3) is 0 Å². The maximum Gasteiger partial charge on any atom is 0.332 e. The average molecular weight is 232 g/mol. The smallest absolute Gasteiger partial charge is 0.332 e. The molecule has 0 aliphatic heterocycles. The molecule has 5 heteroatoms. The van der Waals surface area contributed by atoms with E-state index in [0.717, 1.165) is 11.3 Å². The number of rotatable bonds is 4. The van der Waals surface area contributed by atoms with Crippen LogP contribution in [0.4, 0.5) is 0 Å². The highest BCUT2D eigenvalue weighted by Gasteiger charge is 2.16. The van der Waals surface area contributed by atoms with Gasteiger partial charge in [-0.05, 0) is 17.7 Å². The van der Waals surface area contributed by atoms with Crippen LogP contribution in [0.15, 0.2) is 42.7 Å². The van der Waals surface area contributed by atoms with Crippen LogP contribution in [-0.2, 0) is 11.2 Å². The summed E-state index contributed by atoms with van der Waals surface area (Å²) < 4.78 is 1.64. The van der Waals surface area contributed by atoms with Gasteiger partial charge in [-0.1, -0.05) is 18.2 Å². The summed E-state index contributed by atoms with van der Waals surface area (Å²) in [5.41, 5.74) is 1.52. The van der Waals surface area contributed by atoms with Crippen LogP contribution in [0.3, 0.4) is 0 Å². The fourth-order valence-corrected chi connectivity index (χ4v) is 1.61. The molecule has 1 unspecified atom stereocenters. The molecule has 2 aromatic rings. The van der Waals surface area contributed by atoms with Gasteiger partial charge in [-0.25, -0.2) is 9.48 Å². The number of carbonyl (C=O) groups is 1. The van der Waals surface area contributed by atoms with Gasteiger partial charge in [0, 0.05) is 18.8 Å². The molecular formula is C12H12N2O3. The summed E-state index contributed by atoms with van der Waals surface area (Å²) in [4.78, 5) is 10.6. The van der Waals surface area contributed by atoms with Crippen molar-refractivity contribution >= 4 is 5.97 Å². The van der Waals surface area contributed by atoms with E-state index in [2.05, 4.69) is 5.10 Å². The van der Waals surface area contributed by atoms with Crippen LogP contribution in [0, 0.1) is 0 Å². The lowest BCUT2D eigenvalue weighted by molar-refractivity contribution is -0.146. The van der Waals surface area contributed by atoms with E-state index in [1.807, 2.05) is 12.1 Å². The minimum absolute atomic E-state index is 0.0609. The highest BCUT2D eigenvalue weighted by molar-refractivity contribution is 5.72. The number of para-hydroxylation sites is 1. The first kappa shape index (κ1) is 11.3. The first-order valence-corrected chi connectivity index (χ1v) is 5.17. The fraction of sp³-hybridized carbons (Fsp3) is 0.167. The summed E-state index contributed by atoms with van der Waals surface area (Å²) in [5.74, 6) is -1.22. The van der Waals surface area contributed by atoms with Crippen molar-refractivity contribution in [1.29, 1.82) is 0 Å². The number of aromatic nitrogens is 2. The number of benzene rings is 1. The number of hydrogen-bond acceptors (Lipinski definition) is 3. The van der Waals surface area contributed by atoms with Crippen LogP contribution < -0.4 is 0 Å². The second-order valence-corrected chi connectivity index (χ2v) is 3.64. The van der Waals surface area contributed by atoms with Crippen molar-refractivity contribution in [2.75, 3.05) is 0 Å². The van der Waals surface area contributed by atoms with E-state index in [-0.39, 0.29) is 6.42 Å². The molecule has 0 fully saturated rings. The molecule has 1 aromatic carbocycles. The lowest BCUT2D eigenvalue weighted by atomic mass is 10.1. The largest absolute Gasteiger partial charge is 0.479 e. The van der Waals surface area contributed by atoms with Crippen molar-refractivity contribution in [2.45, 2.75) is 12.5 Å². The third-order valence-corrected chi connectivity index (χ3v) is 2.44. The molecule has 0 amide bonds. The number of aliphatic hydroxyl groups is 1. The van der Waals surface area contributed by atoms with Crippen molar-refractivity contribution in [3.05, 3.63) is 48.3 Å². The summed E-state index contributed by atoms with van der Waals surface area (Å²) >= 11 is 0. The number of nitrogens with zero attached hydrogens (tertiary/aromatic N) is 2. The maximum absolute atomic E-state index is 10.6. The summed E-state index contributed by atoms with van der Waals surface area (Å²) in [5, 5.41) is 22.2. The van der Waals surface area contributed by atoms with Crippen molar-refractivity contribution < 1.29 is 15.0 Å². The SMILES string of the molecule is O=C(O)C(O)Cc1ccccc1-n1cccn1. The second-order valence-electron chi connectivity index (χ2n) is 3.64. The molecule has 0 saturated heterocycles. The second kappa shape index (κ2) is 4.80. The van der Waals surface area contributed by atoms with Gasteiger partial charge in [-0.3, -0.25) is 0 Å². The van der Waals surface area contributed by atoms with Crippen LogP contribution in [0.1, 0.15) is 5.56 Å². The van der Waals surface area contributed by atoms with E-state index in [0.29, 0.717) is 0 Å². The van der Waals surface area contributed by atoms with Crippen LogP contribution in [-0.4, -0.2) is 32.1 Å². The normalized spacial score (nSPS) is 12.3. The Labute approximate surface area is 97.9 Å². The first-order valence-electron chi connectivity index (χ1n) is 5.17. The number of carboxylic acid groups (broad SMARTS) is 1. The molecule has 0 saturated carbocycles. The summed E-state index contributed by atoms with van der Waals surface area (Å²) in [6.07, 6.45) is 2.08. The van der Waals surface area contributed by atoms with Crippen LogP contribution >= 0.6 is 0 Å². The molecular weight excluding hydrogens is 220 g/mol. The van der Waals surface area contributed by atoms with Crippen LogP contribution in [0.2, 0.25) is 0 Å². The van der Waals surface area contributed by atoms with Gasteiger partial charge in [-0.15, -0.1) is 0 Å². The Morgan fingerprint density at radius 3 is 2.76 bits per heavy atom. The van der Waals surface area contributed by atoms with E-state index >= 15 is 0 Å². The molecule has 0 aliphatic rings. The van der Waals surface area contributed by atoms with Gasteiger partial charge < -0.3 is 10.2 Å². The topological polar surface area (TPSA) is 75.3 Å². The van der Waals surface area contributed by atoms with Crippen molar-refractivity contribution in [2.24, 2.45) is 0 Å². The molecule has 1 aromatic heterocycles. The van der Waals surface area contributed by atoms with E-state index in [1.54, 1.807) is 35.3 Å².